The van der Waals surface area contributed by atoms with Crippen LogP contribution < -0.4 is 20.7 Å². The molecule has 1 saturated carbocycles. The lowest BCUT2D eigenvalue weighted by Gasteiger charge is -2.12. The first-order valence-electron chi connectivity index (χ1n) is 9.38. The Morgan fingerprint density at radius 2 is 1.72 bits per heavy atom. The molecule has 4 N–H and O–H groups in total. The lowest BCUT2D eigenvalue weighted by molar-refractivity contribution is 0.102. The number of urea groups is 1. The summed E-state index contributed by atoms with van der Waals surface area (Å²) in [5.74, 6) is -0.430. The van der Waals surface area contributed by atoms with E-state index in [1.165, 1.54) is 12.1 Å². The van der Waals surface area contributed by atoms with Gasteiger partial charge in [-0.15, -0.1) is 0 Å². The standard InChI is InChI=1S/C20H24N4O4S/c1-3-21-20(26)23-16-6-4-5-15(11-16)22-19(25)18-12-17(10-7-13(18)2)29(27,28)24-14-8-9-14/h4-7,10-12,14,24H,3,8-9H2,1-2H3,(H,22,25)(H2,21,23,26). The van der Waals surface area contributed by atoms with Gasteiger partial charge in [-0.05, 0) is 62.6 Å². The molecule has 0 unspecified atom stereocenters. The molecule has 0 bridgehead atoms. The van der Waals surface area contributed by atoms with Crippen molar-refractivity contribution in [2.45, 2.75) is 37.6 Å². The second-order valence-corrected chi connectivity index (χ2v) is 8.61. The van der Waals surface area contributed by atoms with Crippen LogP contribution in [0.1, 0.15) is 35.7 Å². The first-order valence-corrected chi connectivity index (χ1v) is 10.9. The molecule has 154 valence electrons. The molecule has 9 heteroatoms. The summed E-state index contributed by atoms with van der Waals surface area (Å²) in [5, 5.41) is 8.05. The smallest absolute Gasteiger partial charge is 0.319 e. The molecule has 8 nitrogen and oxygen atoms in total. The summed E-state index contributed by atoms with van der Waals surface area (Å²) < 4.78 is 27.5. The number of benzene rings is 2. The van der Waals surface area contributed by atoms with Gasteiger partial charge < -0.3 is 16.0 Å². The second kappa shape index (κ2) is 8.62. The fraction of sp³-hybridized carbons (Fsp3) is 0.300. The maximum absolute atomic E-state index is 12.8. The molecular formula is C20H24N4O4S. The van der Waals surface area contributed by atoms with E-state index in [0.29, 0.717) is 23.5 Å². The monoisotopic (exact) mass is 416 g/mol. The van der Waals surface area contributed by atoms with Crippen LogP contribution in [0.4, 0.5) is 16.2 Å². The van der Waals surface area contributed by atoms with Crippen molar-refractivity contribution in [3.05, 3.63) is 53.6 Å². The summed E-state index contributed by atoms with van der Waals surface area (Å²) in [7, 11) is -3.65. The number of rotatable bonds is 7. The van der Waals surface area contributed by atoms with Gasteiger partial charge in [0.2, 0.25) is 10.0 Å². The zero-order valence-corrected chi connectivity index (χ0v) is 17.1. The van der Waals surface area contributed by atoms with Crippen LogP contribution in [0.25, 0.3) is 0 Å². The van der Waals surface area contributed by atoms with Gasteiger partial charge in [-0.2, -0.15) is 0 Å². The topological polar surface area (TPSA) is 116 Å². The third-order valence-corrected chi connectivity index (χ3v) is 5.90. The lowest BCUT2D eigenvalue weighted by Crippen LogP contribution is -2.28. The highest BCUT2D eigenvalue weighted by atomic mass is 32.2. The molecule has 3 amide bonds. The van der Waals surface area contributed by atoms with Gasteiger partial charge in [-0.25, -0.2) is 17.9 Å². The van der Waals surface area contributed by atoms with Gasteiger partial charge in [0.1, 0.15) is 0 Å². The minimum Gasteiger partial charge on any atom is -0.338 e. The summed E-state index contributed by atoms with van der Waals surface area (Å²) in [6.45, 7) is 4.05. The Morgan fingerprint density at radius 3 is 2.38 bits per heavy atom. The maximum Gasteiger partial charge on any atom is 0.319 e. The summed E-state index contributed by atoms with van der Waals surface area (Å²) >= 11 is 0. The van der Waals surface area contributed by atoms with Crippen LogP contribution in [-0.2, 0) is 10.0 Å². The first-order chi connectivity index (χ1) is 13.8. The Labute approximate surface area is 170 Å². The summed E-state index contributed by atoms with van der Waals surface area (Å²) in [4.78, 5) is 24.5. The molecule has 0 saturated heterocycles. The van der Waals surface area contributed by atoms with Crippen LogP contribution in [0.15, 0.2) is 47.4 Å². The highest BCUT2D eigenvalue weighted by Crippen LogP contribution is 2.24. The first kappa shape index (κ1) is 20.8. The number of amides is 3. The third kappa shape index (κ3) is 5.55. The number of carbonyl (C=O) groups excluding carboxylic acids is 2. The SMILES string of the molecule is CCNC(=O)Nc1cccc(NC(=O)c2cc(S(=O)(=O)NC3CC3)ccc2C)c1. The van der Waals surface area contributed by atoms with E-state index in [0.717, 1.165) is 12.8 Å². The van der Waals surface area contributed by atoms with Crippen LogP contribution in [0.5, 0.6) is 0 Å². The molecular weight excluding hydrogens is 392 g/mol. The van der Waals surface area contributed by atoms with E-state index < -0.39 is 15.9 Å². The van der Waals surface area contributed by atoms with Gasteiger partial charge in [0.25, 0.3) is 5.91 Å². The van der Waals surface area contributed by atoms with Gasteiger partial charge in [0, 0.05) is 29.5 Å². The molecule has 29 heavy (non-hydrogen) atoms. The predicted molar refractivity (Wildman–Crippen MR) is 112 cm³/mol. The van der Waals surface area contributed by atoms with Crippen LogP contribution in [0.2, 0.25) is 0 Å². The van der Waals surface area contributed by atoms with Gasteiger partial charge in [0.15, 0.2) is 0 Å². The maximum atomic E-state index is 12.8. The van der Waals surface area contributed by atoms with E-state index >= 15 is 0 Å². The summed E-state index contributed by atoms with van der Waals surface area (Å²) in [5.41, 5.74) is 1.93. The zero-order chi connectivity index (χ0) is 21.0. The van der Waals surface area contributed by atoms with Crippen molar-refractivity contribution >= 4 is 33.3 Å². The normalized spacial score (nSPS) is 13.6. The average molecular weight is 417 g/mol. The number of aryl methyl sites for hydroxylation is 1. The third-order valence-electron chi connectivity index (χ3n) is 4.38. The van der Waals surface area contributed by atoms with Crippen LogP contribution in [0.3, 0.4) is 0 Å². The molecule has 0 spiro atoms. The fourth-order valence-corrected chi connectivity index (χ4v) is 4.04. The Kier molecular flexibility index (Phi) is 6.19. The van der Waals surface area contributed by atoms with Crippen LogP contribution in [-0.4, -0.2) is 32.9 Å². The van der Waals surface area contributed by atoms with Crippen molar-refractivity contribution in [3.63, 3.8) is 0 Å². The summed E-state index contributed by atoms with van der Waals surface area (Å²) in [6.07, 6.45) is 1.66. The van der Waals surface area contributed by atoms with Crippen molar-refractivity contribution < 1.29 is 18.0 Å². The van der Waals surface area contributed by atoms with Crippen molar-refractivity contribution in [2.24, 2.45) is 0 Å². The molecule has 0 atom stereocenters. The van der Waals surface area contributed by atoms with Crippen molar-refractivity contribution in [2.75, 3.05) is 17.2 Å². The van der Waals surface area contributed by atoms with Crippen molar-refractivity contribution in [1.29, 1.82) is 0 Å². The van der Waals surface area contributed by atoms with Gasteiger partial charge in [-0.1, -0.05) is 12.1 Å². The van der Waals surface area contributed by atoms with Gasteiger partial charge in [-0.3, -0.25) is 4.79 Å². The van der Waals surface area contributed by atoms with E-state index in [-0.39, 0.29) is 22.5 Å². The molecule has 1 fully saturated rings. The van der Waals surface area contributed by atoms with E-state index in [4.69, 9.17) is 0 Å². The molecule has 3 rings (SSSR count). The van der Waals surface area contributed by atoms with Gasteiger partial charge in [0.05, 0.1) is 4.90 Å². The Bertz CT molecular complexity index is 1030. The predicted octanol–water partition coefficient (Wildman–Crippen LogP) is 2.83. The molecule has 0 radical (unpaired) electrons. The quantitative estimate of drug-likeness (QED) is 0.555. The van der Waals surface area contributed by atoms with Crippen molar-refractivity contribution in [3.8, 4) is 0 Å². The highest BCUT2D eigenvalue weighted by molar-refractivity contribution is 7.89. The highest BCUT2D eigenvalue weighted by Gasteiger charge is 2.28. The van der Waals surface area contributed by atoms with Gasteiger partial charge >= 0.3 is 6.03 Å². The molecule has 2 aromatic rings. The number of anilines is 2. The molecule has 0 heterocycles. The number of nitrogens with one attached hydrogen (secondary N) is 4. The molecule has 2 aromatic carbocycles. The van der Waals surface area contributed by atoms with E-state index in [9.17, 15) is 18.0 Å². The summed E-state index contributed by atoms with van der Waals surface area (Å²) in [6, 6.07) is 10.8. The zero-order valence-electron chi connectivity index (χ0n) is 16.3. The Hall–Kier alpha value is -2.91. The van der Waals surface area contributed by atoms with E-state index in [2.05, 4.69) is 20.7 Å². The van der Waals surface area contributed by atoms with E-state index in [1.54, 1.807) is 37.3 Å². The fourth-order valence-electron chi connectivity index (χ4n) is 2.71. The second-order valence-electron chi connectivity index (χ2n) is 6.89. The Balaban J connectivity index is 1.77. The minimum atomic E-state index is -3.65. The lowest BCUT2D eigenvalue weighted by atomic mass is 10.1. The molecule has 1 aliphatic carbocycles. The number of hydrogen-bond donors (Lipinski definition) is 4. The van der Waals surface area contributed by atoms with Crippen molar-refractivity contribution in [1.82, 2.24) is 10.0 Å². The minimum absolute atomic E-state index is 0.0151. The largest absolute Gasteiger partial charge is 0.338 e. The molecule has 0 aliphatic heterocycles. The molecule has 0 aromatic heterocycles. The van der Waals surface area contributed by atoms with Crippen LogP contribution >= 0.6 is 0 Å². The molecule has 1 aliphatic rings. The average Bonchev–Trinajstić information content (AvgIpc) is 3.45. The number of carbonyl (C=O) groups is 2. The van der Waals surface area contributed by atoms with Crippen LogP contribution in [0, 0.1) is 6.92 Å². The Morgan fingerprint density at radius 1 is 1.03 bits per heavy atom. The number of hydrogen-bond acceptors (Lipinski definition) is 4. The number of sulfonamides is 1. The van der Waals surface area contributed by atoms with E-state index in [1.807, 2.05) is 6.92 Å².